The molecule has 0 radical (unpaired) electrons. The van der Waals surface area contributed by atoms with Crippen molar-refractivity contribution in [3.63, 3.8) is 0 Å². The van der Waals surface area contributed by atoms with Crippen LogP contribution in [0, 0.1) is 12.3 Å². The summed E-state index contributed by atoms with van der Waals surface area (Å²) < 4.78 is 4.89. The Morgan fingerprint density at radius 3 is 2.20 bits per heavy atom. The maximum atomic E-state index is 11.7. The van der Waals surface area contributed by atoms with Gasteiger partial charge in [-0.05, 0) is 23.3 Å². The van der Waals surface area contributed by atoms with Crippen molar-refractivity contribution in [1.82, 2.24) is 5.16 Å². The molecule has 4 nitrogen and oxygen atoms in total. The van der Waals surface area contributed by atoms with E-state index < -0.39 is 0 Å². The van der Waals surface area contributed by atoms with E-state index in [-0.39, 0.29) is 62.7 Å². The van der Waals surface area contributed by atoms with E-state index in [9.17, 15) is 4.79 Å². The first-order chi connectivity index (χ1) is 11.5. The molecule has 0 bridgehead atoms. The van der Waals surface area contributed by atoms with E-state index >= 15 is 0 Å². The molecule has 0 atom stereocenters. The number of hydrogen-bond donors (Lipinski definition) is 1. The monoisotopic (exact) mass is 359 g/mol. The summed E-state index contributed by atoms with van der Waals surface area (Å²) in [5.41, 5.74) is 1.50. The number of benzene rings is 2. The molecule has 2 aromatic carbocycles. The summed E-state index contributed by atoms with van der Waals surface area (Å²) >= 11 is 0. The molecule has 1 aromatic heterocycles. The Morgan fingerprint density at radius 1 is 1.08 bits per heavy atom. The van der Waals surface area contributed by atoms with Crippen LogP contribution in [-0.4, -0.2) is 11.1 Å². The van der Waals surface area contributed by atoms with Crippen molar-refractivity contribution >= 4 is 11.6 Å². The molecule has 0 saturated heterocycles. The second kappa shape index (κ2) is 10.7. The fraction of sp³-hybridized carbons (Fsp3) is 0.200. The minimum absolute atomic E-state index is 0. The van der Waals surface area contributed by atoms with E-state index in [1.54, 1.807) is 42.5 Å². The maximum absolute atomic E-state index is 11.7. The van der Waals surface area contributed by atoms with Crippen molar-refractivity contribution in [3.05, 3.63) is 84.3 Å². The van der Waals surface area contributed by atoms with E-state index in [0.29, 0.717) is 5.56 Å². The number of hydrogen-bond acceptors (Lipinski definition) is 3. The number of amides is 1. The van der Waals surface area contributed by atoms with Crippen LogP contribution in [0.2, 0.25) is 0 Å². The number of nitrogens with zero attached hydrogens (tertiary/aromatic N) is 1. The van der Waals surface area contributed by atoms with Gasteiger partial charge in [0.25, 0.3) is 5.91 Å². The fourth-order valence-electron chi connectivity index (χ4n) is 1.80. The second-order valence-electron chi connectivity index (χ2n) is 6.18. The Morgan fingerprint density at radius 2 is 1.72 bits per heavy atom. The van der Waals surface area contributed by atoms with Gasteiger partial charge in [0, 0.05) is 5.56 Å². The maximum Gasteiger partial charge on any atom is 1.00 e. The van der Waals surface area contributed by atoms with Crippen LogP contribution in [0.3, 0.4) is 0 Å². The van der Waals surface area contributed by atoms with Crippen molar-refractivity contribution in [2.75, 3.05) is 5.32 Å². The minimum Gasteiger partial charge on any atom is -0.470 e. The summed E-state index contributed by atoms with van der Waals surface area (Å²) in [6.07, 6.45) is 2.62. The molecule has 3 aromatic rings. The molecule has 0 unspecified atom stereocenters. The number of aromatic nitrogens is 1. The third-order valence-corrected chi connectivity index (χ3v) is 3.14. The second-order valence-corrected chi connectivity index (χ2v) is 6.18. The Balaban J connectivity index is 0.000000270. The average Bonchev–Trinajstić information content (AvgIpc) is 3.12. The third kappa shape index (κ3) is 7.67. The van der Waals surface area contributed by atoms with Crippen molar-refractivity contribution in [3.8, 4) is 0 Å². The first-order valence-corrected chi connectivity index (χ1v) is 7.62. The van der Waals surface area contributed by atoms with Crippen LogP contribution < -0.4 is 56.7 Å². The van der Waals surface area contributed by atoms with E-state index in [1.165, 1.54) is 0 Å². The topological polar surface area (TPSA) is 55.1 Å². The van der Waals surface area contributed by atoms with E-state index in [0.717, 1.165) is 11.4 Å². The van der Waals surface area contributed by atoms with Crippen LogP contribution in [0.4, 0.5) is 5.69 Å². The molecule has 0 aliphatic rings. The molecule has 0 fully saturated rings. The molecule has 1 amide bonds. The zero-order chi connectivity index (χ0) is 17.4. The van der Waals surface area contributed by atoms with Crippen molar-refractivity contribution in [1.29, 1.82) is 0 Å². The predicted molar refractivity (Wildman–Crippen MR) is 93.7 cm³/mol. The first kappa shape index (κ1) is 21.8. The summed E-state index contributed by atoms with van der Waals surface area (Å²) in [6.45, 7) is 6.21. The van der Waals surface area contributed by atoms with Gasteiger partial charge in [-0.15, -0.1) is 18.3 Å². The van der Waals surface area contributed by atoms with Crippen molar-refractivity contribution < 1.29 is 60.7 Å². The molecule has 0 aliphatic heterocycles. The molecule has 124 valence electrons. The van der Waals surface area contributed by atoms with Gasteiger partial charge in [0.1, 0.15) is 0 Å². The van der Waals surface area contributed by atoms with Crippen LogP contribution in [-0.2, 0) is 5.41 Å². The largest absolute Gasteiger partial charge is 1.00 e. The molecule has 1 heterocycles. The zero-order valence-corrected chi connectivity index (χ0v) is 18.2. The van der Waals surface area contributed by atoms with E-state index in [1.807, 2.05) is 18.2 Å². The fourth-order valence-corrected chi connectivity index (χ4v) is 1.80. The molecule has 1 N–H and O–H groups in total. The summed E-state index contributed by atoms with van der Waals surface area (Å²) in [7, 11) is 0. The summed E-state index contributed by atoms with van der Waals surface area (Å²) in [6, 6.07) is 20.9. The summed E-state index contributed by atoms with van der Waals surface area (Å²) in [4.78, 5) is 11.7. The van der Waals surface area contributed by atoms with Crippen LogP contribution in [0.15, 0.2) is 65.2 Å². The van der Waals surface area contributed by atoms with Gasteiger partial charge in [0.2, 0.25) is 0 Å². The van der Waals surface area contributed by atoms with Crippen LogP contribution in [0.1, 0.15) is 36.9 Å². The van der Waals surface area contributed by atoms with Gasteiger partial charge in [0.15, 0.2) is 0 Å². The van der Waals surface area contributed by atoms with Gasteiger partial charge in [-0.1, -0.05) is 44.7 Å². The summed E-state index contributed by atoms with van der Waals surface area (Å²) in [5, 5.41) is 6.29. The van der Waals surface area contributed by atoms with E-state index in [4.69, 9.17) is 4.52 Å². The van der Waals surface area contributed by atoms with Gasteiger partial charge >= 0.3 is 51.4 Å². The molecule has 3 rings (SSSR count). The van der Waals surface area contributed by atoms with Crippen LogP contribution >= 0.6 is 0 Å². The van der Waals surface area contributed by atoms with Gasteiger partial charge in [-0.2, -0.15) is 24.3 Å². The standard InChI is InChI=1S/C13H10NO.C7H10NO.K/c15-13(11-7-3-1-4-8-11)14-12-9-5-2-6-10-12;1-7(2,3)6-4-5-8-9-6;/h1,3-10H,(H,14,15);4H,1-3H3;/q2*-1;+1. The minimum atomic E-state index is -0.0956. The number of anilines is 1. The third-order valence-electron chi connectivity index (χ3n) is 3.14. The first-order valence-electron chi connectivity index (χ1n) is 7.62. The quantitative estimate of drug-likeness (QED) is 0.557. The van der Waals surface area contributed by atoms with Gasteiger partial charge in [-0.3, -0.25) is 4.79 Å². The number of rotatable bonds is 2. The predicted octanol–water partition coefficient (Wildman–Crippen LogP) is 1.52. The van der Waals surface area contributed by atoms with Gasteiger partial charge in [-0.25, -0.2) is 5.16 Å². The molecular weight excluding hydrogens is 339 g/mol. The normalized spacial score (nSPS) is 10.0. The number of carbonyl (C=O) groups is 1. The Hall–Kier alpha value is -1.24. The molecular formula is C20H20KN2O2-. The Labute approximate surface area is 191 Å². The van der Waals surface area contributed by atoms with Crippen molar-refractivity contribution in [2.45, 2.75) is 26.2 Å². The smallest absolute Gasteiger partial charge is 0.470 e. The molecule has 5 heteroatoms. The van der Waals surface area contributed by atoms with Gasteiger partial charge in [0.05, 0.1) is 0 Å². The molecule has 0 saturated carbocycles. The summed E-state index contributed by atoms with van der Waals surface area (Å²) in [5.74, 6) is 0.782. The zero-order valence-electron chi connectivity index (χ0n) is 15.0. The van der Waals surface area contributed by atoms with Gasteiger partial charge < -0.3 is 9.84 Å². The molecule has 25 heavy (non-hydrogen) atoms. The Kier molecular flexibility index (Phi) is 9.31. The van der Waals surface area contributed by atoms with Crippen LogP contribution in [0.5, 0.6) is 0 Å². The van der Waals surface area contributed by atoms with Crippen molar-refractivity contribution in [2.24, 2.45) is 0 Å². The number of carbonyl (C=O) groups excluding carboxylic acids is 1. The number of nitrogens with one attached hydrogen (secondary N) is 1. The SMILES string of the molecule is CC(C)(C)c1c[c-]no1.O=C(Nc1cc[c-]cc1)c1ccccc1.[K+]. The Bertz CT molecular complexity index is 736. The average molecular weight is 359 g/mol. The molecule has 0 aliphatic carbocycles. The van der Waals surface area contributed by atoms with E-state index in [2.05, 4.69) is 43.5 Å². The molecule has 0 spiro atoms. The van der Waals surface area contributed by atoms with Crippen LogP contribution in [0.25, 0.3) is 0 Å².